The molecule has 0 spiro atoms. The van der Waals surface area contributed by atoms with Crippen molar-refractivity contribution in [3.05, 3.63) is 84.1 Å². The molecule has 2 saturated heterocycles. The lowest BCUT2D eigenvalue weighted by molar-refractivity contribution is -0.143. The number of rotatable bonds is 15. The van der Waals surface area contributed by atoms with Gasteiger partial charge in [-0.1, -0.05) is 80.4 Å². The van der Waals surface area contributed by atoms with Gasteiger partial charge in [0, 0.05) is 56.5 Å². The number of carbonyl (C=O) groups is 9. The Balaban J connectivity index is 1.38. The van der Waals surface area contributed by atoms with Gasteiger partial charge in [0.15, 0.2) is 5.96 Å². The maximum absolute atomic E-state index is 14.8. The Kier molecular flexibility index (Phi) is 20.5. The number of hydrogen-bond donors (Lipinski definition) is 11. The predicted octanol–water partition coefficient (Wildman–Crippen LogP) is 0.445. The van der Waals surface area contributed by atoms with E-state index in [1.807, 2.05) is 73.7 Å². The standard InChI is InChI=1S/C53H71N13O9/c1-3-4-16-39(60-31(2)67)47(70)65-43-29-45(68)57-23-10-9-18-38(46(54)69)61-50(73)42(28-35-30-59-37-17-8-7-15-36(35)37)63-48(71)40(19-11-24-58-53(55)56)62-49(72)41(64-51(74)44-20-12-25-66(44)52(43)75)27-32-21-22-33-13-5-6-14-34(33)26-32/h5-8,13-15,17,21-22,26,30,38-44,59H,3-4,9-12,16,18-20,23-25,27-29H2,1-2H3,(H2,54,69)(H,57,68)(H,60,67)(H,61,73)(H,62,72)(H,63,71)(H,64,74)(H,65,70)(H4,55,56,58)/t38-,39-,40-,41+,42-,43-,44-/m0/s1. The highest BCUT2D eigenvalue weighted by Crippen LogP contribution is 2.23. The van der Waals surface area contributed by atoms with Crippen molar-refractivity contribution in [1.82, 2.24) is 47.1 Å². The summed E-state index contributed by atoms with van der Waals surface area (Å²) < 4.78 is 0. The molecule has 6 rings (SSSR count). The van der Waals surface area contributed by atoms with Crippen LogP contribution in [-0.4, -0.2) is 131 Å². The quantitative estimate of drug-likeness (QED) is 0.0441. The molecule has 2 aliphatic rings. The highest BCUT2D eigenvalue weighted by Gasteiger charge is 2.41. The number of guanidine groups is 1. The Morgan fingerprint density at radius 3 is 2.21 bits per heavy atom. The lowest BCUT2D eigenvalue weighted by atomic mass is 9.99. The average Bonchev–Trinajstić information content (AvgIpc) is 4.04. The molecule has 2 fully saturated rings. The van der Waals surface area contributed by atoms with E-state index in [4.69, 9.17) is 17.2 Å². The molecule has 2 aliphatic heterocycles. The van der Waals surface area contributed by atoms with Gasteiger partial charge in [0.2, 0.25) is 53.2 Å². The smallest absolute Gasteiger partial charge is 0.246 e. The van der Waals surface area contributed by atoms with Crippen molar-refractivity contribution in [1.29, 1.82) is 0 Å². The van der Waals surface area contributed by atoms with Crippen LogP contribution in [0.15, 0.2) is 77.9 Å². The number of nitrogens with zero attached hydrogens (tertiary/aromatic N) is 2. The third kappa shape index (κ3) is 16.2. The Hall–Kier alpha value is -8.04. The first kappa shape index (κ1) is 56.3. The molecule has 3 aromatic carbocycles. The van der Waals surface area contributed by atoms with Gasteiger partial charge in [-0.3, -0.25) is 48.1 Å². The molecule has 0 aliphatic carbocycles. The highest BCUT2D eigenvalue weighted by molar-refractivity contribution is 5.99. The summed E-state index contributed by atoms with van der Waals surface area (Å²) in [7, 11) is 0. The van der Waals surface area contributed by atoms with Crippen molar-refractivity contribution in [3.63, 3.8) is 0 Å². The zero-order chi connectivity index (χ0) is 54.0. The minimum Gasteiger partial charge on any atom is -0.370 e. The van der Waals surface area contributed by atoms with E-state index >= 15 is 0 Å². The van der Waals surface area contributed by atoms with Gasteiger partial charge >= 0.3 is 0 Å². The zero-order valence-electron chi connectivity index (χ0n) is 42.6. The molecular formula is C53H71N13O9. The van der Waals surface area contributed by atoms with Crippen molar-refractivity contribution >= 4 is 80.8 Å². The summed E-state index contributed by atoms with van der Waals surface area (Å²) in [5, 5.41) is 21.9. The van der Waals surface area contributed by atoms with Crippen LogP contribution in [0.2, 0.25) is 0 Å². The minimum atomic E-state index is -1.47. The fourth-order valence-corrected chi connectivity index (χ4v) is 9.54. The number of nitrogens with one attached hydrogen (secondary N) is 8. The number of hydrogen-bond acceptors (Lipinski definition) is 10. The molecule has 0 unspecified atom stereocenters. The SMILES string of the molecule is CCCC[C@H](NC(C)=O)C(=O)N[C@H]1CC(=O)NCCCC[C@@H](C(N)=O)NC(=O)[C@H](Cc2c[nH]c3ccccc23)NC(=O)[C@H](CCCN=C(N)N)NC(=O)[C@@H](Cc2ccc3ccccc3c2)NC(=O)[C@@H]2CCCN2C1=O. The number of aromatic amines is 1. The largest absolute Gasteiger partial charge is 0.370 e. The van der Waals surface area contributed by atoms with Gasteiger partial charge in [-0.25, -0.2) is 0 Å². The van der Waals surface area contributed by atoms with E-state index in [1.165, 1.54) is 11.8 Å². The van der Waals surface area contributed by atoms with Crippen LogP contribution in [0.4, 0.5) is 0 Å². The predicted molar refractivity (Wildman–Crippen MR) is 282 cm³/mol. The molecule has 14 N–H and O–H groups in total. The average molecular weight is 1030 g/mol. The molecule has 22 nitrogen and oxygen atoms in total. The first-order valence-electron chi connectivity index (χ1n) is 25.7. The van der Waals surface area contributed by atoms with Crippen molar-refractivity contribution in [2.75, 3.05) is 19.6 Å². The summed E-state index contributed by atoms with van der Waals surface area (Å²) in [5.41, 5.74) is 19.2. The number of carbonyl (C=O) groups excluding carboxylic acids is 9. The third-order valence-corrected chi connectivity index (χ3v) is 13.5. The number of unbranched alkanes of at least 4 members (excludes halogenated alkanes) is 1. The molecule has 7 atom stereocenters. The number of H-pyrrole nitrogens is 1. The van der Waals surface area contributed by atoms with Crippen LogP contribution < -0.4 is 54.4 Å². The van der Waals surface area contributed by atoms with E-state index in [0.717, 1.165) is 21.7 Å². The summed E-state index contributed by atoms with van der Waals surface area (Å²) in [6.45, 7) is 3.44. The topological polar surface area (TPSA) is 347 Å². The molecule has 9 amide bonds. The molecule has 75 heavy (non-hydrogen) atoms. The van der Waals surface area contributed by atoms with E-state index in [9.17, 15) is 43.2 Å². The molecular weight excluding hydrogens is 963 g/mol. The number of aromatic nitrogens is 1. The zero-order valence-corrected chi connectivity index (χ0v) is 42.6. The van der Waals surface area contributed by atoms with Crippen LogP contribution in [-0.2, 0) is 56.0 Å². The highest BCUT2D eigenvalue weighted by atomic mass is 16.2. The lowest BCUT2D eigenvalue weighted by Gasteiger charge is -2.31. The van der Waals surface area contributed by atoms with Gasteiger partial charge in [0.25, 0.3) is 0 Å². The number of benzene rings is 3. The van der Waals surface area contributed by atoms with Crippen LogP contribution in [0, 0.1) is 0 Å². The van der Waals surface area contributed by atoms with Crippen molar-refractivity contribution in [3.8, 4) is 0 Å². The number of primary amides is 1. The molecule has 4 aromatic rings. The van der Waals surface area contributed by atoms with Gasteiger partial charge in [0.05, 0.1) is 6.42 Å². The number of amides is 9. The fraction of sp³-hybridized carbons (Fsp3) is 0.472. The van der Waals surface area contributed by atoms with E-state index in [0.29, 0.717) is 36.8 Å². The summed E-state index contributed by atoms with van der Waals surface area (Å²) >= 11 is 0. The number of nitrogens with two attached hydrogens (primary N) is 3. The monoisotopic (exact) mass is 1030 g/mol. The Bertz CT molecular complexity index is 2740. The van der Waals surface area contributed by atoms with Gasteiger partial charge in [0.1, 0.15) is 42.3 Å². The van der Waals surface area contributed by atoms with Gasteiger partial charge in [-0.05, 0) is 79.3 Å². The molecule has 0 bridgehead atoms. The Morgan fingerprint density at radius 2 is 1.47 bits per heavy atom. The van der Waals surface area contributed by atoms with E-state index in [-0.39, 0.29) is 77.0 Å². The van der Waals surface area contributed by atoms with E-state index < -0.39 is 102 Å². The first-order valence-corrected chi connectivity index (χ1v) is 25.7. The normalized spacial score (nSPS) is 22.1. The molecule has 3 heterocycles. The molecule has 1 aromatic heterocycles. The summed E-state index contributed by atoms with van der Waals surface area (Å²) in [6, 6.07) is 11.8. The van der Waals surface area contributed by atoms with Crippen molar-refractivity contribution < 1.29 is 43.2 Å². The Morgan fingerprint density at radius 1 is 0.773 bits per heavy atom. The van der Waals surface area contributed by atoms with Gasteiger partial charge < -0.3 is 64.3 Å². The lowest BCUT2D eigenvalue weighted by Crippen LogP contribution is -2.60. The summed E-state index contributed by atoms with van der Waals surface area (Å²) in [5.74, 6) is -6.45. The van der Waals surface area contributed by atoms with E-state index in [1.54, 1.807) is 6.20 Å². The second kappa shape index (κ2) is 27.3. The van der Waals surface area contributed by atoms with Crippen LogP contribution in [0.3, 0.4) is 0 Å². The molecule has 0 saturated carbocycles. The number of aliphatic imine (C=N–C) groups is 1. The maximum atomic E-state index is 14.8. The number of fused-ring (bicyclic) bond motifs is 3. The Labute approximate surface area is 435 Å². The molecule has 0 radical (unpaired) electrons. The molecule has 22 heteroatoms. The second-order valence-corrected chi connectivity index (χ2v) is 19.2. The third-order valence-electron chi connectivity index (χ3n) is 13.5. The number of para-hydroxylation sites is 1. The maximum Gasteiger partial charge on any atom is 0.246 e. The van der Waals surface area contributed by atoms with Crippen LogP contribution >= 0.6 is 0 Å². The second-order valence-electron chi connectivity index (χ2n) is 19.2. The van der Waals surface area contributed by atoms with Crippen LogP contribution in [0.5, 0.6) is 0 Å². The summed E-state index contributed by atoms with van der Waals surface area (Å²) in [4.78, 5) is 134. The van der Waals surface area contributed by atoms with Gasteiger partial charge in [-0.2, -0.15) is 0 Å². The van der Waals surface area contributed by atoms with Crippen molar-refractivity contribution in [2.45, 2.75) is 140 Å². The summed E-state index contributed by atoms with van der Waals surface area (Å²) in [6.07, 6.45) is 4.03. The first-order chi connectivity index (χ1) is 36.0. The fourth-order valence-electron chi connectivity index (χ4n) is 9.54. The van der Waals surface area contributed by atoms with Gasteiger partial charge in [-0.15, -0.1) is 0 Å². The van der Waals surface area contributed by atoms with Crippen LogP contribution in [0.1, 0.15) is 95.6 Å². The van der Waals surface area contributed by atoms with E-state index in [2.05, 4.69) is 47.2 Å². The van der Waals surface area contributed by atoms with Crippen molar-refractivity contribution in [2.24, 2.45) is 22.2 Å². The minimum absolute atomic E-state index is 0.0255. The van der Waals surface area contributed by atoms with Crippen LogP contribution in [0.25, 0.3) is 21.7 Å². The molecule has 402 valence electrons.